The molecule has 1 fully saturated rings. The van der Waals surface area contributed by atoms with E-state index < -0.39 is 55.5 Å². The molecule has 3 N–H and O–H groups in total. The highest BCUT2D eigenvalue weighted by Gasteiger charge is 2.45. The van der Waals surface area contributed by atoms with E-state index in [0.717, 1.165) is 5.56 Å². The van der Waals surface area contributed by atoms with Gasteiger partial charge in [-0.25, -0.2) is 14.5 Å². The number of nitrogens with zero attached hydrogens (tertiary/aromatic N) is 2. The normalized spacial score (nSPS) is 21.1. The van der Waals surface area contributed by atoms with E-state index in [1.807, 2.05) is 30.3 Å². The highest BCUT2D eigenvalue weighted by atomic mass is 16.4. The second-order valence-corrected chi connectivity index (χ2v) is 6.26. The molecule has 0 aromatic heterocycles. The second kappa shape index (κ2) is 8.63. The number of carbonyl (C=O) groups excluding carboxylic acids is 2. The third kappa shape index (κ3) is 4.82. The van der Waals surface area contributed by atoms with Crippen LogP contribution in [-0.4, -0.2) is 75.5 Å². The molecule has 0 bridgehead atoms. The Bertz CT molecular complexity index is 817. The number of carboxylic acids is 2. The zero-order chi connectivity index (χ0) is 22.6. The Kier molecular flexibility index (Phi) is 5.19. The summed E-state index contributed by atoms with van der Waals surface area (Å²) in [6, 6.07) is 3.81. The Balaban J connectivity index is 2.12. The van der Waals surface area contributed by atoms with Gasteiger partial charge < -0.3 is 15.1 Å². The molecule has 9 heteroatoms. The molecule has 1 aliphatic heterocycles. The molecule has 3 atom stereocenters. The van der Waals surface area contributed by atoms with Crippen molar-refractivity contribution in [1.29, 1.82) is 0 Å². The van der Waals surface area contributed by atoms with Gasteiger partial charge in [-0.15, -0.1) is 0 Å². The molecular formula is C18H23N3O6. The molecule has 0 saturated carbocycles. The monoisotopic (exact) mass is 380 g/mol. The van der Waals surface area contributed by atoms with Crippen molar-refractivity contribution in [3.05, 3.63) is 35.9 Å². The standard InChI is InChI=1S/C18H23N3O6/c1-11(15(22)21-14(17(25)26)10-20(2)18(21)27)19-13(16(23)24)9-8-12-6-4-3-5-7-12/h3-7,11,13-14,19H,8-10H2,1-2H3,(H,23,24)(H,25,26)/t11-,13-,14+/m0/s1/i2D3. The van der Waals surface area contributed by atoms with Gasteiger partial charge in [-0.1, -0.05) is 30.3 Å². The molecule has 146 valence electrons. The lowest BCUT2D eigenvalue weighted by Gasteiger charge is -2.25. The number of aliphatic carboxylic acids is 2. The third-order valence-corrected chi connectivity index (χ3v) is 4.31. The molecule has 1 saturated heterocycles. The van der Waals surface area contributed by atoms with E-state index in [9.17, 15) is 29.4 Å². The van der Waals surface area contributed by atoms with E-state index in [1.54, 1.807) is 0 Å². The fraction of sp³-hybridized carbons (Fsp3) is 0.444. The van der Waals surface area contributed by atoms with Gasteiger partial charge >= 0.3 is 18.0 Å². The van der Waals surface area contributed by atoms with Crippen molar-refractivity contribution in [2.24, 2.45) is 0 Å². The first-order valence-corrected chi connectivity index (χ1v) is 8.33. The van der Waals surface area contributed by atoms with Gasteiger partial charge in [0.15, 0.2) is 6.04 Å². The zero-order valence-electron chi connectivity index (χ0n) is 17.7. The summed E-state index contributed by atoms with van der Waals surface area (Å²) in [5, 5.41) is 21.4. The predicted octanol–water partition coefficient (Wildman–Crippen LogP) is 0.398. The highest BCUT2D eigenvalue weighted by molar-refractivity contribution is 6.02. The topological polar surface area (TPSA) is 127 Å². The average Bonchev–Trinajstić information content (AvgIpc) is 3.02. The predicted molar refractivity (Wildman–Crippen MR) is 95.1 cm³/mol. The van der Waals surface area contributed by atoms with Crippen LogP contribution in [0.3, 0.4) is 0 Å². The van der Waals surface area contributed by atoms with E-state index in [1.165, 1.54) is 6.92 Å². The Hall–Kier alpha value is -2.94. The van der Waals surface area contributed by atoms with Gasteiger partial charge in [-0.05, 0) is 25.3 Å². The summed E-state index contributed by atoms with van der Waals surface area (Å²) in [4.78, 5) is 48.9. The minimum absolute atomic E-state index is 0.147. The number of likely N-dealkylation sites (N-methyl/N-ethyl adjacent to an activating group) is 1. The van der Waals surface area contributed by atoms with Crippen LogP contribution in [0.15, 0.2) is 30.3 Å². The van der Waals surface area contributed by atoms with Crippen molar-refractivity contribution >= 4 is 23.9 Å². The molecule has 0 radical (unpaired) electrons. The maximum Gasteiger partial charge on any atom is 0.328 e. The number of carbonyl (C=O) groups is 4. The van der Waals surface area contributed by atoms with Crippen LogP contribution in [0.5, 0.6) is 0 Å². The van der Waals surface area contributed by atoms with E-state index >= 15 is 0 Å². The van der Waals surface area contributed by atoms with E-state index in [-0.39, 0.29) is 6.42 Å². The quantitative estimate of drug-likeness (QED) is 0.595. The maximum absolute atomic E-state index is 12.8. The summed E-state index contributed by atoms with van der Waals surface area (Å²) in [7, 11) is 0. The first-order chi connectivity index (χ1) is 13.9. The van der Waals surface area contributed by atoms with Gasteiger partial charge in [-0.3, -0.25) is 14.9 Å². The van der Waals surface area contributed by atoms with Crippen molar-refractivity contribution in [3.63, 3.8) is 0 Å². The lowest BCUT2D eigenvalue weighted by Crippen LogP contribution is -2.54. The Morgan fingerprint density at radius 3 is 2.52 bits per heavy atom. The number of aryl methyl sites for hydroxylation is 1. The number of imide groups is 1. The van der Waals surface area contributed by atoms with Gasteiger partial charge in [-0.2, -0.15) is 0 Å². The van der Waals surface area contributed by atoms with Crippen LogP contribution in [0.1, 0.15) is 23.0 Å². The largest absolute Gasteiger partial charge is 0.480 e. The number of nitrogens with one attached hydrogen (secondary N) is 1. The fourth-order valence-corrected chi connectivity index (χ4v) is 2.85. The molecule has 27 heavy (non-hydrogen) atoms. The minimum atomic E-state index is -2.91. The average molecular weight is 380 g/mol. The van der Waals surface area contributed by atoms with Crippen LogP contribution in [0.4, 0.5) is 4.79 Å². The van der Waals surface area contributed by atoms with Crippen molar-refractivity contribution in [2.75, 3.05) is 13.5 Å². The molecule has 9 nitrogen and oxygen atoms in total. The van der Waals surface area contributed by atoms with Gasteiger partial charge in [0, 0.05) is 11.1 Å². The van der Waals surface area contributed by atoms with Gasteiger partial charge in [0.25, 0.3) is 0 Å². The summed E-state index contributed by atoms with van der Waals surface area (Å²) in [6.45, 7) is -2.29. The smallest absolute Gasteiger partial charge is 0.328 e. The highest BCUT2D eigenvalue weighted by Crippen LogP contribution is 2.17. The van der Waals surface area contributed by atoms with Crippen molar-refractivity contribution in [1.82, 2.24) is 15.1 Å². The number of rotatable bonds is 8. The van der Waals surface area contributed by atoms with Crippen LogP contribution < -0.4 is 5.32 Å². The third-order valence-electron chi connectivity index (χ3n) is 4.31. The van der Waals surface area contributed by atoms with Crippen LogP contribution in [0, 0.1) is 0 Å². The first-order valence-electron chi connectivity index (χ1n) is 9.83. The van der Waals surface area contributed by atoms with Gasteiger partial charge in [0.05, 0.1) is 12.6 Å². The summed E-state index contributed by atoms with van der Waals surface area (Å²) in [5.41, 5.74) is 0.901. The Morgan fingerprint density at radius 2 is 1.96 bits per heavy atom. The minimum Gasteiger partial charge on any atom is -0.480 e. The number of amides is 3. The number of benzene rings is 1. The Labute approximate surface area is 160 Å². The van der Waals surface area contributed by atoms with E-state index in [2.05, 4.69) is 5.32 Å². The molecule has 0 unspecified atom stereocenters. The number of urea groups is 1. The van der Waals surface area contributed by atoms with Crippen LogP contribution in [-0.2, 0) is 20.8 Å². The summed E-state index contributed by atoms with van der Waals surface area (Å²) >= 11 is 0. The molecule has 3 amide bonds. The Morgan fingerprint density at radius 1 is 1.30 bits per heavy atom. The molecule has 0 aliphatic carbocycles. The molecule has 1 heterocycles. The van der Waals surface area contributed by atoms with Crippen molar-refractivity contribution < 1.29 is 33.5 Å². The van der Waals surface area contributed by atoms with Crippen LogP contribution >= 0.6 is 0 Å². The van der Waals surface area contributed by atoms with Crippen molar-refractivity contribution in [3.8, 4) is 0 Å². The molecule has 1 aromatic rings. The molecular weight excluding hydrogens is 354 g/mol. The fourth-order valence-electron chi connectivity index (χ4n) is 2.85. The molecule has 1 aliphatic rings. The number of carboxylic acid groups (broad SMARTS) is 2. The van der Waals surface area contributed by atoms with Gasteiger partial charge in [0.1, 0.15) is 6.04 Å². The molecule has 0 spiro atoms. The molecule has 2 rings (SSSR count). The summed E-state index contributed by atoms with van der Waals surface area (Å²) in [6.07, 6.45) is 0.563. The second-order valence-electron chi connectivity index (χ2n) is 6.26. The van der Waals surface area contributed by atoms with Crippen LogP contribution in [0.2, 0.25) is 0 Å². The van der Waals surface area contributed by atoms with Crippen molar-refractivity contribution in [2.45, 2.75) is 37.9 Å². The SMILES string of the molecule is [2H]C([2H])([2H])N1C[C@H](C(=O)O)N(C(=O)[C@H](C)N[C@@H](CCc2ccccc2)C(=O)O)C1=O. The van der Waals surface area contributed by atoms with E-state index in [4.69, 9.17) is 4.11 Å². The van der Waals surface area contributed by atoms with Crippen LogP contribution in [0.25, 0.3) is 0 Å². The first kappa shape index (κ1) is 16.2. The number of hydrogen-bond donors (Lipinski definition) is 3. The number of hydrogen-bond acceptors (Lipinski definition) is 5. The summed E-state index contributed by atoms with van der Waals surface area (Å²) in [5.74, 6) is -3.75. The summed E-state index contributed by atoms with van der Waals surface area (Å²) < 4.78 is 22.0. The zero-order valence-corrected chi connectivity index (χ0v) is 14.7. The van der Waals surface area contributed by atoms with E-state index in [0.29, 0.717) is 16.2 Å². The van der Waals surface area contributed by atoms with Gasteiger partial charge in [0.2, 0.25) is 5.91 Å². The molecule has 1 aromatic carbocycles. The lowest BCUT2D eigenvalue weighted by molar-refractivity contribution is -0.147. The maximum atomic E-state index is 12.8. The lowest BCUT2D eigenvalue weighted by atomic mass is 10.0.